The fourth-order valence-corrected chi connectivity index (χ4v) is 3.99. The molecule has 1 aliphatic heterocycles. The number of aldehydes is 1. The molecule has 0 N–H and O–H groups in total. The van der Waals surface area contributed by atoms with Gasteiger partial charge in [0.2, 0.25) is 5.91 Å². The number of aromatic nitrogens is 1. The average Bonchev–Trinajstić information content (AvgIpc) is 2.87. The Morgan fingerprint density at radius 3 is 2.55 bits per heavy atom. The molecule has 172 valence electrons. The Balaban J connectivity index is 1.43. The number of piperidine rings is 1. The van der Waals surface area contributed by atoms with Crippen molar-refractivity contribution < 1.29 is 19.1 Å². The smallest absolute Gasteiger partial charge is 0.225 e. The van der Waals surface area contributed by atoms with Crippen molar-refractivity contribution in [1.29, 1.82) is 5.26 Å². The monoisotopic (exact) mass is 447 g/mol. The number of hydrogen-bond acceptors (Lipinski definition) is 6. The van der Waals surface area contributed by atoms with E-state index in [2.05, 4.69) is 4.98 Å². The summed E-state index contributed by atoms with van der Waals surface area (Å²) in [7, 11) is 0. The zero-order valence-electron chi connectivity index (χ0n) is 18.9. The number of ether oxygens (including phenoxy) is 1. The minimum absolute atomic E-state index is 0.0439. The molecule has 0 saturated carbocycles. The minimum Gasteiger partial charge on any atom is -0.367 e. The van der Waals surface area contributed by atoms with E-state index < -0.39 is 12.0 Å². The highest BCUT2D eigenvalue weighted by Crippen LogP contribution is 2.20. The highest BCUT2D eigenvalue weighted by atomic mass is 16.5. The van der Waals surface area contributed by atoms with Crippen LogP contribution >= 0.6 is 0 Å². The van der Waals surface area contributed by atoms with E-state index in [0.29, 0.717) is 49.9 Å². The summed E-state index contributed by atoms with van der Waals surface area (Å²) in [6, 6.07) is 14.2. The van der Waals surface area contributed by atoms with E-state index in [9.17, 15) is 14.4 Å². The van der Waals surface area contributed by atoms with Crippen LogP contribution in [0.5, 0.6) is 0 Å². The molecule has 1 aromatic carbocycles. The van der Waals surface area contributed by atoms with Gasteiger partial charge in [-0.15, -0.1) is 0 Å². The number of rotatable bonds is 10. The summed E-state index contributed by atoms with van der Waals surface area (Å²) in [4.78, 5) is 42.8. The van der Waals surface area contributed by atoms with E-state index in [1.807, 2.05) is 24.3 Å². The lowest BCUT2D eigenvalue weighted by Gasteiger charge is -2.34. The third-order valence-electron chi connectivity index (χ3n) is 5.93. The van der Waals surface area contributed by atoms with Crippen LogP contribution in [0.2, 0.25) is 0 Å². The summed E-state index contributed by atoms with van der Waals surface area (Å²) in [6.07, 6.45) is 4.73. The maximum absolute atomic E-state index is 12.8. The Kier molecular flexibility index (Phi) is 8.85. The van der Waals surface area contributed by atoms with E-state index in [4.69, 9.17) is 10.00 Å². The standard InChI is InChI=1S/C26H29N3O4/c1-19(16-25(31)21-7-5-20(17-27)6-8-21)26(32)29-14-11-23(12-15-29)33-24(18-30)10-9-22-4-2-3-13-28-22/h2-8,13,18-19,23-24H,9-12,14-16H2,1H3. The van der Waals surface area contributed by atoms with Gasteiger partial charge in [-0.1, -0.05) is 25.1 Å². The van der Waals surface area contributed by atoms with Gasteiger partial charge in [0.15, 0.2) is 5.78 Å². The number of likely N-dealkylation sites (tertiary alicyclic amines) is 1. The molecule has 1 fully saturated rings. The molecule has 2 heterocycles. The van der Waals surface area contributed by atoms with Crippen molar-refractivity contribution in [3.8, 4) is 6.07 Å². The summed E-state index contributed by atoms with van der Waals surface area (Å²) >= 11 is 0. The molecule has 2 atom stereocenters. The summed E-state index contributed by atoms with van der Waals surface area (Å²) in [5.41, 5.74) is 1.93. The molecule has 7 nitrogen and oxygen atoms in total. The summed E-state index contributed by atoms with van der Waals surface area (Å²) in [5, 5.41) is 8.87. The summed E-state index contributed by atoms with van der Waals surface area (Å²) in [5.74, 6) is -0.579. The van der Waals surface area contributed by atoms with E-state index >= 15 is 0 Å². The molecule has 2 aromatic rings. The van der Waals surface area contributed by atoms with Crippen molar-refractivity contribution >= 4 is 18.0 Å². The molecule has 0 radical (unpaired) electrons. The van der Waals surface area contributed by atoms with Gasteiger partial charge in [-0.25, -0.2) is 0 Å². The van der Waals surface area contributed by atoms with Crippen LogP contribution in [-0.4, -0.2) is 53.2 Å². The van der Waals surface area contributed by atoms with E-state index in [1.165, 1.54) is 0 Å². The topological polar surface area (TPSA) is 100 Å². The normalized spacial score (nSPS) is 15.9. The number of amides is 1. The number of carbonyl (C=O) groups excluding carboxylic acids is 3. The van der Waals surface area contributed by atoms with Crippen molar-refractivity contribution in [1.82, 2.24) is 9.88 Å². The minimum atomic E-state index is -0.483. The van der Waals surface area contributed by atoms with Crippen molar-refractivity contribution in [3.63, 3.8) is 0 Å². The van der Waals surface area contributed by atoms with Gasteiger partial charge in [-0.05, 0) is 49.9 Å². The molecule has 1 amide bonds. The van der Waals surface area contributed by atoms with E-state index in [0.717, 1.165) is 12.0 Å². The second-order valence-electron chi connectivity index (χ2n) is 8.41. The third-order valence-corrected chi connectivity index (χ3v) is 5.93. The molecule has 0 bridgehead atoms. The van der Waals surface area contributed by atoms with Crippen LogP contribution < -0.4 is 0 Å². The predicted molar refractivity (Wildman–Crippen MR) is 122 cm³/mol. The first-order valence-electron chi connectivity index (χ1n) is 11.3. The number of nitriles is 1. The fraction of sp³-hybridized carbons (Fsp3) is 0.423. The Hall–Kier alpha value is -3.37. The van der Waals surface area contributed by atoms with Gasteiger partial charge in [-0.2, -0.15) is 5.26 Å². The first-order chi connectivity index (χ1) is 16.0. The van der Waals surface area contributed by atoms with Gasteiger partial charge in [0.05, 0.1) is 17.7 Å². The van der Waals surface area contributed by atoms with Crippen molar-refractivity contribution in [2.45, 2.75) is 51.2 Å². The van der Waals surface area contributed by atoms with E-state index in [1.54, 1.807) is 42.3 Å². The van der Waals surface area contributed by atoms with Gasteiger partial charge >= 0.3 is 0 Å². The number of aryl methyl sites for hydroxylation is 1. The highest BCUT2D eigenvalue weighted by Gasteiger charge is 2.29. The predicted octanol–water partition coefficient (Wildman–Crippen LogP) is 3.37. The lowest BCUT2D eigenvalue weighted by molar-refractivity contribution is -0.140. The lowest BCUT2D eigenvalue weighted by Crippen LogP contribution is -2.44. The number of pyridine rings is 1. The maximum atomic E-state index is 12.8. The van der Waals surface area contributed by atoms with Crippen LogP contribution in [0.3, 0.4) is 0 Å². The largest absolute Gasteiger partial charge is 0.367 e. The Morgan fingerprint density at radius 2 is 1.94 bits per heavy atom. The number of nitrogens with zero attached hydrogens (tertiary/aromatic N) is 3. The molecule has 33 heavy (non-hydrogen) atoms. The van der Waals surface area contributed by atoms with Crippen LogP contribution in [0.4, 0.5) is 0 Å². The first-order valence-corrected chi connectivity index (χ1v) is 11.3. The zero-order chi connectivity index (χ0) is 23.6. The molecular weight excluding hydrogens is 418 g/mol. The van der Waals surface area contributed by atoms with Crippen molar-refractivity contribution in [3.05, 3.63) is 65.5 Å². The van der Waals surface area contributed by atoms with Gasteiger partial charge in [0.1, 0.15) is 12.4 Å². The average molecular weight is 448 g/mol. The fourth-order valence-electron chi connectivity index (χ4n) is 3.99. The summed E-state index contributed by atoms with van der Waals surface area (Å²) in [6.45, 7) is 2.86. The Labute approximate surface area is 194 Å². The molecule has 0 aliphatic carbocycles. The van der Waals surface area contributed by atoms with Crippen LogP contribution in [-0.2, 0) is 20.7 Å². The number of ketones is 1. The van der Waals surface area contributed by atoms with Gasteiger partial charge < -0.3 is 14.4 Å². The number of Topliss-reactive ketones (excluding diaryl/α,β-unsaturated/α-hetero) is 1. The van der Waals surface area contributed by atoms with Crippen LogP contribution in [0.15, 0.2) is 48.7 Å². The zero-order valence-corrected chi connectivity index (χ0v) is 18.9. The van der Waals surface area contributed by atoms with Crippen LogP contribution in [0, 0.1) is 17.2 Å². The quantitative estimate of drug-likeness (QED) is 0.409. The molecule has 0 spiro atoms. The highest BCUT2D eigenvalue weighted by molar-refractivity contribution is 5.98. The molecular formula is C26H29N3O4. The second kappa shape index (κ2) is 12.0. The third kappa shape index (κ3) is 7.06. The van der Waals surface area contributed by atoms with Crippen LogP contribution in [0.1, 0.15) is 54.2 Å². The number of benzene rings is 1. The molecule has 1 aromatic heterocycles. The maximum Gasteiger partial charge on any atom is 0.225 e. The lowest BCUT2D eigenvalue weighted by atomic mass is 9.96. The SMILES string of the molecule is CC(CC(=O)c1ccc(C#N)cc1)C(=O)N1CCC(OC(C=O)CCc2ccccn2)CC1. The van der Waals surface area contributed by atoms with Gasteiger partial charge in [-0.3, -0.25) is 14.6 Å². The molecule has 1 aliphatic rings. The van der Waals surface area contributed by atoms with Crippen molar-refractivity contribution in [2.24, 2.45) is 5.92 Å². The summed E-state index contributed by atoms with van der Waals surface area (Å²) < 4.78 is 5.98. The molecule has 1 saturated heterocycles. The number of carbonyl (C=O) groups is 3. The van der Waals surface area contributed by atoms with Gasteiger partial charge in [0.25, 0.3) is 0 Å². The first kappa shape index (κ1) is 24.3. The molecule has 3 rings (SSSR count). The van der Waals surface area contributed by atoms with Gasteiger partial charge in [0, 0.05) is 42.9 Å². The Bertz CT molecular complexity index is 977. The molecule has 2 unspecified atom stereocenters. The molecule has 7 heteroatoms. The van der Waals surface area contributed by atoms with E-state index in [-0.39, 0.29) is 24.2 Å². The van der Waals surface area contributed by atoms with Crippen LogP contribution in [0.25, 0.3) is 0 Å². The second-order valence-corrected chi connectivity index (χ2v) is 8.41. The van der Waals surface area contributed by atoms with Crippen molar-refractivity contribution in [2.75, 3.05) is 13.1 Å². The Morgan fingerprint density at radius 1 is 1.21 bits per heavy atom. The number of hydrogen-bond donors (Lipinski definition) is 0.